The third kappa shape index (κ3) is 2.22. The molecule has 0 aromatic carbocycles. The second-order valence-electron chi connectivity index (χ2n) is 3.42. The molecular weight excluding hydrogens is 214 g/mol. The molecule has 2 N–H and O–H groups in total. The van der Waals surface area contributed by atoms with Crippen LogP contribution in [0.5, 0.6) is 0 Å². The summed E-state index contributed by atoms with van der Waals surface area (Å²) in [6.45, 7) is 3.25. The Morgan fingerprint density at radius 3 is 3.31 bits per heavy atom. The summed E-state index contributed by atoms with van der Waals surface area (Å²) in [5.41, 5.74) is 7.24. The van der Waals surface area contributed by atoms with E-state index in [1.165, 1.54) is 17.9 Å². The van der Waals surface area contributed by atoms with Gasteiger partial charge in [-0.05, 0) is 0 Å². The van der Waals surface area contributed by atoms with E-state index in [0.29, 0.717) is 13.1 Å². The molecule has 1 fully saturated rings. The molecule has 0 aliphatic carbocycles. The van der Waals surface area contributed by atoms with E-state index in [2.05, 4.69) is 15.1 Å². The fraction of sp³-hybridized carbons (Fsp3) is 0.625. The Morgan fingerprint density at radius 2 is 2.69 bits per heavy atom. The zero-order chi connectivity index (χ0) is 11.5. The molecule has 8 nitrogen and oxygen atoms in total. The molecule has 16 heavy (non-hydrogen) atoms. The largest absolute Gasteiger partial charge is 0.660 e. The van der Waals surface area contributed by atoms with Crippen molar-refractivity contribution in [3.63, 3.8) is 0 Å². The number of hydrogen-bond donors (Lipinski definition) is 1. The van der Waals surface area contributed by atoms with Crippen LogP contribution < -0.4 is 15.1 Å². The summed E-state index contributed by atoms with van der Waals surface area (Å²) in [5.74, 6) is -0.394. The fourth-order valence-corrected chi connectivity index (χ4v) is 1.56. The van der Waals surface area contributed by atoms with E-state index < -0.39 is 6.23 Å². The molecule has 8 heteroatoms. The topological polar surface area (TPSA) is 95.3 Å². The Balaban J connectivity index is 2.12. The average molecular weight is 227 g/mol. The van der Waals surface area contributed by atoms with Gasteiger partial charge in [-0.3, -0.25) is 4.79 Å². The third-order valence-corrected chi connectivity index (χ3v) is 2.19. The van der Waals surface area contributed by atoms with Crippen LogP contribution in [0, 0.1) is 0 Å². The molecule has 0 amide bonds. The molecule has 2 heterocycles. The molecule has 0 saturated carbocycles. The molecule has 1 aliphatic heterocycles. The van der Waals surface area contributed by atoms with Crippen molar-refractivity contribution >= 4 is 11.9 Å². The van der Waals surface area contributed by atoms with E-state index in [0.717, 1.165) is 6.54 Å². The van der Waals surface area contributed by atoms with Crippen molar-refractivity contribution in [2.45, 2.75) is 13.2 Å². The van der Waals surface area contributed by atoms with Crippen molar-refractivity contribution in [2.75, 3.05) is 24.6 Å². The van der Waals surface area contributed by atoms with Gasteiger partial charge < -0.3 is 20.3 Å². The van der Waals surface area contributed by atoms with Crippen LogP contribution in [0.2, 0.25) is 0 Å². The highest BCUT2D eigenvalue weighted by molar-refractivity contribution is 5.66. The van der Waals surface area contributed by atoms with Gasteiger partial charge in [-0.25, -0.2) is 0 Å². The summed E-state index contributed by atoms with van der Waals surface area (Å²) in [6, 6.07) is 0. The predicted octanol–water partition coefficient (Wildman–Crippen LogP) is -0.924. The number of hydrogen-bond acceptors (Lipinski definition) is 6. The lowest BCUT2D eigenvalue weighted by Crippen LogP contribution is -2.70. The molecule has 1 saturated heterocycles. The first-order valence-electron chi connectivity index (χ1n) is 4.92. The number of rotatable bonds is 2. The summed E-state index contributed by atoms with van der Waals surface area (Å²) in [4.78, 5) is 12.3. The van der Waals surface area contributed by atoms with Crippen LogP contribution in [0.3, 0.4) is 0 Å². The molecule has 1 aromatic rings. The maximum atomic E-state index is 10.9. The van der Waals surface area contributed by atoms with Gasteiger partial charge in [0.25, 0.3) is 6.20 Å². The zero-order valence-electron chi connectivity index (χ0n) is 8.84. The Labute approximate surface area is 91.9 Å². The number of nitrogens with one attached hydrogen (secondary N) is 2. The highest BCUT2D eigenvalue weighted by Crippen LogP contribution is 2.04. The number of ether oxygens (including phenoxy) is 1. The molecule has 1 atom stereocenters. The Bertz CT molecular complexity index is 380. The summed E-state index contributed by atoms with van der Waals surface area (Å²) >= 11 is 0. The number of carbonyl (C=O) groups is 1. The van der Waals surface area contributed by atoms with Crippen LogP contribution in [0.15, 0.2) is 10.7 Å². The normalized spacial score (nSPS) is 20.8. The summed E-state index contributed by atoms with van der Waals surface area (Å²) in [5, 5.41) is 8.49. The lowest BCUT2D eigenvalue weighted by Gasteiger charge is -2.28. The van der Waals surface area contributed by atoms with Crippen molar-refractivity contribution in [1.82, 2.24) is 10.6 Å². The first kappa shape index (κ1) is 10.7. The van der Waals surface area contributed by atoms with Gasteiger partial charge >= 0.3 is 5.97 Å². The first-order valence-corrected chi connectivity index (χ1v) is 4.92. The molecular formula is C8H13N5O3. The van der Waals surface area contributed by atoms with Crippen molar-refractivity contribution < 1.29 is 18.8 Å². The summed E-state index contributed by atoms with van der Waals surface area (Å²) in [6.07, 6.45) is 0.989. The van der Waals surface area contributed by atoms with Gasteiger partial charge in [0.15, 0.2) is 0 Å². The van der Waals surface area contributed by atoms with Gasteiger partial charge in [0, 0.05) is 13.5 Å². The van der Waals surface area contributed by atoms with E-state index >= 15 is 0 Å². The van der Waals surface area contributed by atoms with E-state index in [1.54, 1.807) is 5.01 Å². The number of aromatic nitrogens is 2. The summed E-state index contributed by atoms with van der Waals surface area (Å²) in [7, 11) is 0. The number of piperazine rings is 1. The lowest BCUT2D eigenvalue weighted by atomic mass is 10.4. The predicted molar refractivity (Wildman–Crippen MR) is 52.2 cm³/mol. The van der Waals surface area contributed by atoms with Crippen LogP contribution >= 0.6 is 0 Å². The Kier molecular flexibility index (Phi) is 2.91. The Hall–Kier alpha value is -1.83. The van der Waals surface area contributed by atoms with Gasteiger partial charge in [-0.15, -0.1) is 5.01 Å². The Morgan fingerprint density at radius 1 is 1.88 bits per heavy atom. The lowest BCUT2D eigenvalue weighted by molar-refractivity contribution is -0.765. The highest BCUT2D eigenvalue weighted by Gasteiger charge is 2.32. The molecule has 0 bridgehead atoms. The van der Waals surface area contributed by atoms with Crippen molar-refractivity contribution in [3.8, 4) is 0 Å². The van der Waals surface area contributed by atoms with Crippen LogP contribution in [0.1, 0.15) is 6.92 Å². The minimum Gasteiger partial charge on any atom is -0.660 e. The van der Waals surface area contributed by atoms with E-state index in [-0.39, 0.29) is 11.9 Å². The van der Waals surface area contributed by atoms with Crippen LogP contribution in [-0.4, -0.2) is 37.1 Å². The standard InChI is InChI=1S/C8H13N5O3/c1-6(14)15-8-4-10-2-3-12(8)13-5-7(9)16-11-13/h5,8,10H,2-4H2,1H3,(H-,9,11). The van der Waals surface area contributed by atoms with E-state index in [1.807, 2.05) is 0 Å². The minimum absolute atomic E-state index is 0.0416. The second kappa shape index (κ2) is 4.35. The van der Waals surface area contributed by atoms with Crippen molar-refractivity contribution in [2.24, 2.45) is 0 Å². The van der Waals surface area contributed by atoms with Gasteiger partial charge in [0.1, 0.15) is 5.88 Å². The van der Waals surface area contributed by atoms with Crippen LogP contribution in [0.4, 0.5) is 5.88 Å². The molecule has 0 radical (unpaired) electrons. The third-order valence-electron chi connectivity index (χ3n) is 2.19. The SMILES string of the molecule is CC(=O)OC1CNCCN1[n+]1cc([NH-])on1. The fourth-order valence-electron chi connectivity index (χ4n) is 1.56. The molecule has 1 aliphatic rings. The molecule has 1 aromatic heterocycles. The zero-order valence-corrected chi connectivity index (χ0v) is 8.84. The molecule has 2 rings (SSSR count). The van der Waals surface area contributed by atoms with Crippen LogP contribution in [0.25, 0.3) is 5.73 Å². The maximum absolute atomic E-state index is 10.9. The number of nitrogens with zero attached hydrogens (tertiary/aromatic N) is 3. The molecule has 0 spiro atoms. The monoisotopic (exact) mass is 227 g/mol. The van der Waals surface area contributed by atoms with Crippen molar-refractivity contribution in [1.29, 1.82) is 0 Å². The van der Waals surface area contributed by atoms with Gasteiger partial charge in [0.2, 0.25) is 11.5 Å². The summed E-state index contributed by atoms with van der Waals surface area (Å²) < 4.78 is 9.78. The maximum Gasteiger partial charge on any atom is 0.304 e. The van der Waals surface area contributed by atoms with Crippen LogP contribution in [-0.2, 0) is 9.53 Å². The van der Waals surface area contributed by atoms with Gasteiger partial charge in [-0.2, -0.15) is 0 Å². The highest BCUT2D eigenvalue weighted by atomic mass is 16.6. The van der Waals surface area contributed by atoms with E-state index in [4.69, 9.17) is 10.5 Å². The smallest absolute Gasteiger partial charge is 0.304 e. The van der Waals surface area contributed by atoms with E-state index in [9.17, 15) is 4.79 Å². The van der Waals surface area contributed by atoms with Gasteiger partial charge in [-0.1, -0.05) is 0 Å². The second-order valence-corrected chi connectivity index (χ2v) is 3.42. The first-order chi connectivity index (χ1) is 7.66. The van der Waals surface area contributed by atoms with Crippen molar-refractivity contribution in [3.05, 3.63) is 11.9 Å². The molecule has 1 unspecified atom stereocenters. The average Bonchev–Trinajstić information content (AvgIpc) is 2.65. The molecule has 88 valence electrons. The number of esters is 1. The van der Waals surface area contributed by atoms with Gasteiger partial charge in [0.05, 0.1) is 17.9 Å². The number of carbonyl (C=O) groups excluding carboxylic acids is 1. The minimum atomic E-state index is -0.430. The quantitative estimate of drug-likeness (QED) is 0.518.